The minimum absolute atomic E-state index is 0.0123. The van der Waals surface area contributed by atoms with Gasteiger partial charge in [-0.1, -0.05) is 30.3 Å². The first-order valence-electron chi connectivity index (χ1n) is 9.04. The zero-order chi connectivity index (χ0) is 18.1. The Hall–Kier alpha value is -1.98. The summed E-state index contributed by atoms with van der Waals surface area (Å²) >= 11 is 1.67. The molecule has 5 heteroatoms. The van der Waals surface area contributed by atoms with Crippen LogP contribution in [-0.2, 0) is 4.79 Å². The molecule has 0 bridgehead atoms. The number of aliphatic hydroxyl groups is 1. The molecule has 1 heterocycles. The number of benzene rings is 2. The van der Waals surface area contributed by atoms with Crippen LogP contribution in [0.25, 0.3) is 0 Å². The molecule has 2 N–H and O–H groups in total. The second-order valence-electron chi connectivity index (χ2n) is 7.26. The van der Waals surface area contributed by atoms with Crippen molar-refractivity contribution in [2.75, 3.05) is 19.7 Å². The van der Waals surface area contributed by atoms with Crippen LogP contribution in [0.1, 0.15) is 24.3 Å². The van der Waals surface area contributed by atoms with Gasteiger partial charge in [0, 0.05) is 36.4 Å². The van der Waals surface area contributed by atoms with E-state index in [4.69, 9.17) is 0 Å². The molecule has 2 aliphatic rings. The van der Waals surface area contributed by atoms with Gasteiger partial charge in [-0.05, 0) is 42.7 Å². The number of carbonyl (C=O) groups is 1. The van der Waals surface area contributed by atoms with Crippen LogP contribution in [0.15, 0.2) is 59.5 Å². The van der Waals surface area contributed by atoms with Crippen molar-refractivity contribution in [2.24, 2.45) is 5.92 Å². The highest BCUT2D eigenvalue weighted by atomic mass is 32.2. The van der Waals surface area contributed by atoms with Gasteiger partial charge in [-0.3, -0.25) is 4.79 Å². The second kappa shape index (κ2) is 6.97. The maximum atomic E-state index is 13.2. The van der Waals surface area contributed by atoms with Gasteiger partial charge in [0.1, 0.15) is 5.75 Å². The van der Waals surface area contributed by atoms with E-state index in [0.717, 1.165) is 23.3 Å². The Labute approximate surface area is 157 Å². The first-order chi connectivity index (χ1) is 12.6. The van der Waals surface area contributed by atoms with Crippen molar-refractivity contribution in [1.82, 2.24) is 4.90 Å². The van der Waals surface area contributed by atoms with Gasteiger partial charge in [0.25, 0.3) is 0 Å². The summed E-state index contributed by atoms with van der Waals surface area (Å²) in [5, 5.41) is 19.6. The summed E-state index contributed by atoms with van der Waals surface area (Å²) in [4.78, 5) is 16.3. The molecule has 2 unspecified atom stereocenters. The highest BCUT2D eigenvalue weighted by Crippen LogP contribution is 2.53. The number of carbonyl (C=O) groups excluding carboxylic acids is 1. The number of aromatic hydroxyl groups is 1. The van der Waals surface area contributed by atoms with E-state index in [1.165, 1.54) is 0 Å². The van der Waals surface area contributed by atoms with Crippen molar-refractivity contribution in [1.29, 1.82) is 0 Å². The van der Waals surface area contributed by atoms with Crippen LogP contribution in [0.4, 0.5) is 0 Å². The van der Waals surface area contributed by atoms with Crippen LogP contribution in [0.5, 0.6) is 5.75 Å². The molecule has 1 aliphatic carbocycles. The smallest absolute Gasteiger partial charge is 0.239 e. The third-order valence-electron chi connectivity index (χ3n) is 5.41. The van der Waals surface area contributed by atoms with Crippen LogP contribution < -0.4 is 0 Å². The first-order valence-corrected chi connectivity index (χ1v) is 9.86. The largest absolute Gasteiger partial charge is 0.508 e. The van der Waals surface area contributed by atoms with E-state index < -0.39 is 0 Å². The van der Waals surface area contributed by atoms with Gasteiger partial charge >= 0.3 is 0 Å². The molecule has 2 atom stereocenters. The van der Waals surface area contributed by atoms with Crippen LogP contribution in [0.3, 0.4) is 0 Å². The summed E-state index contributed by atoms with van der Waals surface area (Å²) < 4.78 is -0.338. The Balaban J connectivity index is 1.50. The molecular weight excluding hydrogens is 346 g/mol. The molecule has 0 radical (unpaired) electrons. The lowest BCUT2D eigenvalue weighted by Crippen LogP contribution is -2.37. The van der Waals surface area contributed by atoms with Crippen LogP contribution in [0.2, 0.25) is 0 Å². The molecule has 4 rings (SSSR count). The SMILES string of the molecule is O=C(N1CC(CO)C(c2cccc(O)c2)C1)C1(Sc2ccccc2)CC1. The minimum atomic E-state index is -0.338. The fraction of sp³-hybridized carbons (Fsp3) is 0.381. The van der Waals surface area contributed by atoms with Crippen LogP contribution >= 0.6 is 11.8 Å². The van der Waals surface area contributed by atoms with E-state index in [2.05, 4.69) is 0 Å². The Morgan fingerprint density at radius 2 is 1.88 bits per heavy atom. The van der Waals surface area contributed by atoms with E-state index in [1.54, 1.807) is 23.9 Å². The molecule has 1 amide bonds. The molecular formula is C21H23NO3S. The highest BCUT2D eigenvalue weighted by Gasteiger charge is 2.54. The number of hydrogen-bond acceptors (Lipinski definition) is 4. The Morgan fingerprint density at radius 1 is 1.12 bits per heavy atom. The van der Waals surface area contributed by atoms with Crippen LogP contribution in [-0.4, -0.2) is 45.5 Å². The van der Waals surface area contributed by atoms with E-state index in [0.29, 0.717) is 13.1 Å². The maximum Gasteiger partial charge on any atom is 0.239 e. The van der Waals surface area contributed by atoms with E-state index in [1.807, 2.05) is 47.4 Å². The predicted molar refractivity (Wildman–Crippen MR) is 102 cm³/mol. The number of hydrogen-bond donors (Lipinski definition) is 2. The second-order valence-corrected chi connectivity index (χ2v) is 8.72. The minimum Gasteiger partial charge on any atom is -0.508 e. The quantitative estimate of drug-likeness (QED) is 0.849. The van der Waals surface area contributed by atoms with E-state index >= 15 is 0 Å². The summed E-state index contributed by atoms with van der Waals surface area (Å²) in [6.45, 7) is 1.22. The Bertz CT molecular complexity index is 791. The van der Waals surface area contributed by atoms with Gasteiger partial charge in [-0.2, -0.15) is 0 Å². The number of likely N-dealkylation sites (tertiary alicyclic amines) is 1. The molecule has 4 nitrogen and oxygen atoms in total. The molecule has 1 aliphatic heterocycles. The third kappa shape index (κ3) is 3.33. The lowest BCUT2D eigenvalue weighted by Gasteiger charge is -2.23. The maximum absolute atomic E-state index is 13.2. The average molecular weight is 369 g/mol. The average Bonchev–Trinajstić information content (AvgIpc) is 3.30. The number of thioether (sulfide) groups is 1. The summed E-state index contributed by atoms with van der Waals surface area (Å²) in [6, 6.07) is 17.2. The molecule has 26 heavy (non-hydrogen) atoms. The van der Waals surface area contributed by atoms with Gasteiger partial charge < -0.3 is 15.1 Å². The molecule has 2 fully saturated rings. The van der Waals surface area contributed by atoms with Crippen LogP contribution in [0, 0.1) is 5.92 Å². The molecule has 2 aromatic carbocycles. The topological polar surface area (TPSA) is 60.8 Å². The summed E-state index contributed by atoms with van der Waals surface area (Å²) in [5.74, 6) is 0.488. The first kappa shape index (κ1) is 17.4. The summed E-state index contributed by atoms with van der Waals surface area (Å²) in [5.41, 5.74) is 0.986. The zero-order valence-electron chi connectivity index (χ0n) is 14.5. The van der Waals surface area contributed by atoms with Gasteiger partial charge in [-0.25, -0.2) is 0 Å². The molecule has 2 aromatic rings. The number of amides is 1. The van der Waals surface area contributed by atoms with Gasteiger partial charge in [0.15, 0.2) is 0 Å². The fourth-order valence-corrected chi connectivity index (χ4v) is 5.10. The zero-order valence-corrected chi connectivity index (χ0v) is 15.4. The third-order valence-corrected chi connectivity index (χ3v) is 6.89. The molecule has 1 saturated carbocycles. The van der Waals surface area contributed by atoms with Gasteiger partial charge in [0.05, 0.1) is 4.75 Å². The molecule has 136 valence electrons. The van der Waals surface area contributed by atoms with Crippen molar-refractivity contribution in [3.05, 3.63) is 60.2 Å². The molecule has 1 saturated heterocycles. The number of phenolic OH excluding ortho intramolecular Hbond substituents is 1. The van der Waals surface area contributed by atoms with Crippen molar-refractivity contribution < 1.29 is 15.0 Å². The van der Waals surface area contributed by atoms with Crippen molar-refractivity contribution in [3.8, 4) is 5.75 Å². The highest BCUT2D eigenvalue weighted by molar-refractivity contribution is 8.01. The summed E-state index contributed by atoms with van der Waals surface area (Å²) in [7, 11) is 0. The standard InChI is InChI=1S/C21H23NO3S/c23-14-16-12-22(13-19(16)15-5-4-6-17(24)11-15)20(25)21(9-10-21)26-18-7-2-1-3-8-18/h1-8,11,16,19,23-24H,9-10,12-14H2. The molecule has 0 aromatic heterocycles. The predicted octanol–water partition coefficient (Wildman–Crippen LogP) is 3.25. The Kier molecular flexibility index (Phi) is 4.67. The van der Waals surface area contributed by atoms with E-state index in [-0.39, 0.29) is 34.8 Å². The van der Waals surface area contributed by atoms with Crippen molar-refractivity contribution in [2.45, 2.75) is 28.4 Å². The fourth-order valence-electron chi connectivity index (χ4n) is 3.83. The number of phenols is 1. The normalized spacial score (nSPS) is 23.8. The summed E-state index contributed by atoms with van der Waals surface area (Å²) in [6.07, 6.45) is 1.81. The van der Waals surface area contributed by atoms with Crippen molar-refractivity contribution >= 4 is 17.7 Å². The lowest BCUT2D eigenvalue weighted by molar-refractivity contribution is -0.130. The number of aliphatic hydroxyl groups excluding tert-OH is 1. The van der Waals surface area contributed by atoms with E-state index in [9.17, 15) is 15.0 Å². The van der Waals surface area contributed by atoms with Gasteiger partial charge in [-0.15, -0.1) is 11.8 Å². The van der Waals surface area contributed by atoms with Crippen molar-refractivity contribution in [3.63, 3.8) is 0 Å². The Morgan fingerprint density at radius 3 is 2.54 bits per heavy atom. The number of rotatable bonds is 5. The molecule has 0 spiro atoms. The lowest BCUT2D eigenvalue weighted by atomic mass is 9.89. The van der Waals surface area contributed by atoms with Gasteiger partial charge in [0.2, 0.25) is 5.91 Å². The number of nitrogens with zero attached hydrogens (tertiary/aromatic N) is 1. The monoisotopic (exact) mass is 369 g/mol.